The molecule has 0 aliphatic heterocycles. The molecule has 41 heavy (non-hydrogen) atoms. The molecule has 0 bridgehead atoms. The Labute approximate surface area is 248 Å². The van der Waals surface area contributed by atoms with E-state index in [0.29, 0.717) is 51.9 Å². The topological polar surface area (TPSA) is 144 Å². The predicted octanol–water partition coefficient (Wildman–Crippen LogP) is 1.80. The zero-order valence-electron chi connectivity index (χ0n) is 25.9. The van der Waals surface area contributed by atoms with E-state index in [9.17, 15) is 19.2 Å². The zero-order chi connectivity index (χ0) is 31.0. The fraction of sp³-hybridized carbons (Fsp3) is 0.857. The summed E-state index contributed by atoms with van der Waals surface area (Å²) in [7, 11) is 8.08. The highest BCUT2D eigenvalue weighted by molar-refractivity contribution is 5.70. The largest absolute Gasteiger partial charge is 0.469 e. The quantitative estimate of drug-likeness (QED) is 0.0601. The van der Waals surface area contributed by atoms with Crippen LogP contribution in [0, 0.1) is 0 Å². The number of rotatable bonds is 23. The Bertz CT molecular complexity index is 610. The van der Waals surface area contributed by atoms with Gasteiger partial charge in [-0.15, -0.1) is 0 Å². The number of nitrogens with zero attached hydrogens (tertiary/aromatic N) is 3. The van der Waals surface area contributed by atoms with E-state index in [0.717, 1.165) is 65.4 Å². The number of hydrogen-bond acceptors (Lipinski definition) is 13. The number of esters is 3. The molecule has 0 saturated carbocycles. The molecule has 0 saturated heterocycles. The molecule has 0 amide bonds. The second kappa shape index (κ2) is 35.9. The SMILES string of the molecule is C.CCCN(CCCN(CCCN(CCC=O)CCC(=O)OC)CCC(=O)OC)CCC(=O)OC.CO.COOC. The second-order valence-corrected chi connectivity index (χ2v) is 8.50. The van der Waals surface area contributed by atoms with Gasteiger partial charge in [0.25, 0.3) is 0 Å². The summed E-state index contributed by atoms with van der Waals surface area (Å²) in [6.07, 6.45) is 5.08. The molecule has 0 atom stereocenters. The van der Waals surface area contributed by atoms with Gasteiger partial charge < -0.3 is 38.8 Å². The fourth-order valence-electron chi connectivity index (χ4n) is 3.65. The van der Waals surface area contributed by atoms with Crippen molar-refractivity contribution in [2.75, 3.05) is 102 Å². The molecular formula is C28H59N3O10. The van der Waals surface area contributed by atoms with E-state index in [2.05, 4.69) is 31.4 Å². The highest BCUT2D eigenvalue weighted by Gasteiger charge is 2.13. The first-order chi connectivity index (χ1) is 19.3. The molecule has 0 spiro atoms. The summed E-state index contributed by atoms with van der Waals surface area (Å²) in [4.78, 5) is 60.1. The summed E-state index contributed by atoms with van der Waals surface area (Å²) in [5.74, 6) is -0.701. The van der Waals surface area contributed by atoms with E-state index in [1.165, 1.54) is 35.5 Å². The van der Waals surface area contributed by atoms with Crippen molar-refractivity contribution in [3.63, 3.8) is 0 Å². The lowest BCUT2D eigenvalue weighted by Gasteiger charge is -2.27. The van der Waals surface area contributed by atoms with Gasteiger partial charge in [-0.05, 0) is 52.0 Å². The van der Waals surface area contributed by atoms with Gasteiger partial charge >= 0.3 is 17.9 Å². The molecule has 246 valence electrons. The summed E-state index contributed by atoms with van der Waals surface area (Å²) >= 11 is 0. The normalized spacial score (nSPS) is 10.1. The van der Waals surface area contributed by atoms with Crippen LogP contribution in [0.3, 0.4) is 0 Å². The molecule has 0 heterocycles. The highest BCUT2D eigenvalue weighted by Crippen LogP contribution is 2.04. The van der Waals surface area contributed by atoms with E-state index in [1.807, 2.05) is 0 Å². The summed E-state index contributed by atoms with van der Waals surface area (Å²) in [6.45, 7) is 8.71. The van der Waals surface area contributed by atoms with E-state index < -0.39 is 0 Å². The molecular weight excluding hydrogens is 538 g/mol. The highest BCUT2D eigenvalue weighted by atomic mass is 17.2. The van der Waals surface area contributed by atoms with E-state index >= 15 is 0 Å². The third-order valence-electron chi connectivity index (χ3n) is 5.75. The maximum atomic E-state index is 11.7. The van der Waals surface area contributed by atoms with Gasteiger partial charge in [-0.3, -0.25) is 14.4 Å². The molecule has 0 aliphatic carbocycles. The molecule has 0 aromatic rings. The zero-order valence-corrected chi connectivity index (χ0v) is 25.9. The minimum Gasteiger partial charge on any atom is -0.469 e. The van der Waals surface area contributed by atoms with Crippen molar-refractivity contribution in [1.82, 2.24) is 14.7 Å². The Hall–Kier alpha value is -2.16. The molecule has 0 aliphatic rings. The van der Waals surface area contributed by atoms with Gasteiger partial charge in [-0.25, -0.2) is 9.78 Å². The van der Waals surface area contributed by atoms with Gasteiger partial charge in [0.15, 0.2) is 0 Å². The van der Waals surface area contributed by atoms with Crippen LogP contribution in [0.4, 0.5) is 0 Å². The summed E-state index contributed by atoms with van der Waals surface area (Å²) in [6, 6.07) is 0. The smallest absolute Gasteiger partial charge is 0.306 e. The van der Waals surface area contributed by atoms with Crippen molar-refractivity contribution in [1.29, 1.82) is 0 Å². The lowest BCUT2D eigenvalue weighted by atomic mass is 10.2. The molecule has 0 rings (SSSR count). The minimum atomic E-state index is -0.264. The number of methoxy groups -OCH3 is 3. The minimum absolute atomic E-state index is 0. The monoisotopic (exact) mass is 597 g/mol. The van der Waals surface area contributed by atoms with Gasteiger partial charge in [-0.1, -0.05) is 14.4 Å². The molecule has 13 heteroatoms. The van der Waals surface area contributed by atoms with Crippen LogP contribution in [0.15, 0.2) is 0 Å². The lowest BCUT2D eigenvalue weighted by Crippen LogP contribution is -2.35. The predicted molar refractivity (Wildman–Crippen MR) is 158 cm³/mol. The Balaban J connectivity index is -0.000000892. The van der Waals surface area contributed by atoms with E-state index in [4.69, 9.17) is 19.3 Å². The van der Waals surface area contributed by atoms with E-state index in [-0.39, 0.29) is 25.3 Å². The van der Waals surface area contributed by atoms with Gasteiger partial charge in [0.2, 0.25) is 0 Å². The summed E-state index contributed by atoms with van der Waals surface area (Å²) in [5, 5.41) is 7.00. The molecule has 0 aromatic carbocycles. The van der Waals surface area contributed by atoms with Crippen molar-refractivity contribution in [3.8, 4) is 0 Å². The third kappa shape index (κ3) is 32.2. The lowest BCUT2D eigenvalue weighted by molar-refractivity contribution is -0.248. The first kappa shape index (κ1) is 45.8. The summed E-state index contributed by atoms with van der Waals surface area (Å²) in [5.41, 5.74) is 0. The number of ether oxygens (including phenoxy) is 3. The Morgan fingerprint density at radius 3 is 1.17 bits per heavy atom. The van der Waals surface area contributed by atoms with Crippen LogP contribution >= 0.6 is 0 Å². The maximum Gasteiger partial charge on any atom is 0.306 e. The number of aliphatic hydroxyl groups excluding tert-OH is 1. The van der Waals surface area contributed by atoms with Gasteiger partial charge in [0, 0.05) is 39.7 Å². The van der Waals surface area contributed by atoms with Crippen LogP contribution in [0.25, 0.3) is 0 Å². The molecule has 0 radical (unpaired) electrons. The summed E-state index contributed by atoms with van der Waals surface area (Å²) < 4.78 is 14.2. The molecule has 0 aromatic heterocycles. The second-order valence-electron chi connectivity index (χ2n) is 8.50. The number of aliphatic hydroxyl groups is 1. The first-order valence-corrected chi connectivity index (χ1v) is 13.6. The van der Waals surface area contributed by atoms with Crippen LogP contribution in [0.5, 0.6) is 0 Å². The van der Waals surface area contributed by atoms with Gasteiger partial charge in [0.1, 0.15) is 6.29 Å². The molecule has 0 unspecified atom stereocenters. The average molecular weight is 598 g/mol. The van der Waals surface area contributed by atoms with Crippen LogP contribution in [-0.2, 0) is 43.2 Å². The Morgan fingerprint density at radius 1 is 0.585 bits per heavy atom. The molecule has 0 fully saturated rings. The standard InChI is InChI=1S/C24H45N3O7.C2H6O2.CH4O.CH4/c1-5-12-25(18-9-22(29)32-2)13-6-14-26(19-10-23(30)33-3)15-7-16-27(17-8-21-28)20-11-24(31)34-4;1-3-4-2;1-2;/h21H,5-20H2,1-4H3;1-2H3;2H,1H3;1H4. The number of carbonyl (C=O) groups is 4. The third-order valence-corrected chi connectivity index (χ3v) is 5.75. The van der Waals surface area contributed by atoms with Crippen LogP contribution in [-0.4, -0.2) is 146 Å². The van der Waals surface area contributed by atoms with Gasteiger partial charge in [0.05, 0.1) is 54.8 Å². The number of aldehydes is 1. The number of carbonyl (C=O) groups excluding carboxylic acids is 4. The van der Waals surface area contributed by atoms with Crippen molar-refractivity contribution in [2.24, 2.45) is 0 Å². The van der Waals surface area contributed by atoms with Crippen molar-refractivity contribution in [2.45, 2.75) is 59.3 Å². The van der Waals surface area contributed by atoms with Crippen molar-refractivity contribution in [3.05, 3.63) is 0 Å². The Kier molecular flexibility index (Phi) is 40.1. The van der Waals surface area contributed by atoms with Crippen LogP contribution in [0.2, 0.25) is 0 Å². The van der Waals surface area contributed by atoms with Gasteiger partial charge in [-0.2, -0.15) is 0 Å². The van der Waals surface area contributed by atoms with Crippen LogP contribution in [0.1, 0.15) is 59.3 Å². The molecule has 1 N–H and O–H groups in total. The fourth-order valence-corrected chi connectivity index (χ4v) is 3.65. The number of hydrogen-bond donors (Lipinski definition) is 1. The van der Waals surface area contributed by atoms with Crippen LogP contribution < -0.4 is 0 Å². The first-order valence-electron chi connectivity index (χ1n) is 13.6. The Morgan fingerprint density at radius 2 is 0.902 bits per heavy atom. The van der Waals surface area contributed by atoms with Crippen molar-refractivity contribution >= 4 is 24.2 Å². The average Bonchev–Trinajstić information content (AvgIpc) is 2.99. The van der Waals surface area contributed by atoms with E-state index in [1.54, 1.807) is 0 Å². The maximum absolute atomic E-state index is 11.7. The van der Waals surface area contributed by atoms with Crippen molar-refractivity contribution < 1.29 is 48.3 Å². The molecule has 13 nitrogen and oxygen atoms in total.